The molecule has 2 aromatic carbocycles. The average Bonchev–Trinajstić information content (AvgIpc) is 3.52. The van der Waals surface area contributed by atoms with E-state index in [-0.39, 0.29) is 24.1 Å². The lowest BCUT2D eigenvalue weighted by Gasteiger charge is -2.10. The minimum Gasteiger partial charge on any atom is -0.484 e. The number of benzene rings is 2. The van der Waals surface area contributed by atoms with Crippen molar-refractivity contribution in [2.24, 2.45) is 5.92 Å². The summed E-state index contributed by atoms with van der Waals surface area (Å²) in [7, 11) is -4.68. The van der Waals surface area contributed by atoms with Crippen LogP contribution in [0.15, 0.2) is 53.4 Å². The molecule has 10 heteroatoms. The summed E-state index contributed by atoms with van der Waals surface area (Å²) in [5, 5.41) is 5.25. The molecule has 154 valence electrons. The standard InChI is InChI=1S/C19H18F2N2O5S/c20-19(21)29(26,27)16-8-6-13(7-9-16)22-17(24)11-28-15-3-1-2-14(10-15)23-18(25)12-4-5-12/h1-3,6-10,12,19H,4-5,11H2,(H,22,24)(H,23,25). The Kier molecular flexibility index (Phi) is 6.12. The number of hydrogen-bond acceptors (Lipinski definition) is 5. The van der Waals surface area contributed by atoms with E-state index in [9.17, 15) is 26.8 Å². The van der Waals surface area contributed by atoms with Crippen molar-refractivity contribution >= 4 is 33.0 Å². The molecule has 0 saturated heterocycles. The molecule has 2 amide bonds. The van der Waals surface area contributed by atoms with Gasteiger partial charge in [-0.1, -0.05) is 6.07 Å². The quantitative estimate of drug-likeness (QED) is 0.678. The fourth-order valence-electron chi connectivity index (χ4n) is 2.43. The second-order valence-corrected chi connectivity index (χ2v) is 8.38. The molecule has 2 aromatic rings. The number of ether oxygens (including phenoxy) is 1. The molecule has 0 atom stereocenters. The number of sulfone groups is 1. The predicted octanol–water partition coefficient (Wildman–Crippen LogP) is 3.05. The van der Waals surface area contributed by atoms with E-state index in [1.54, 1.807) is 24.3 Å². The predicted molar refractivity (Wildman–Crippen MR) is 102 cm³/mol. The molecule has 0 radical (unpaired) electrons. The van der Waals surface area contributed by atoms with Gasteiger partial charge in [0.2, 0.25) is 15.7 Å². The zero-order valence-electron chi connectivity index (χ0n) is 15.1. The van der Waals surface area contributed by atoms with Gasteiger partial charge in [-0.25, -0.2) is 8.42 Å². The van der Waals surface area contributed by atoms with Gasteiger partial charge in [-0.2, -0.15) is 8.78 Å². The number of amides is 2. The third-order valence-electron chi connectivity index (χ3n) is 4.12. The van der Waals surface area contributed by atoms with Crippen LogP contribution in [0.3, 0.4) is 0 Å². The Morgan fingerprint density at radius 1 is 1.03 bits per heavy atom. The van der Waals surface area contributed by atoms with Gasteiger partial charge in [0.25, 0.3) is 5.91 Å². The number of anilines is 2. The van der Waals surface area contributed by atoms with Gasteiger partial charge in [-0.05, 0) is 49.2 Å². The normalized spacial score (nSPS) is 13.8. The van der Waals surface area contributed by atoms with Crippen LogP contribution in [0.2, 0.25) is 0 Å². The molecule has 0 unspecified atom stereocenters. The first-order valence-electron chi connectivity index (χ1n) is 8.71. The summed E-state index contributed by atoms with van der Waals surface area (Å²) in [6.07, 6.45) is 1.77. The van der Waals surface area contributed by atoms with Gasteiger partial charge in [-0.3, -0.25) is 9.59 Å². The van der Waals surface area contributed by atoms with Crippen LogP contribution in [0.25, 0.3) is 0 Å². The Labute approximate surface area is 166 Å². The number of nitrogens with one attached hydrogen (secondary N) is 2. The minimum atomic E-state index is -4.68. The molecule has 1 fully saturated rings. The van der Waals surface area contributed by atoms with Crippen LogP contribution < -0.4 is 15.4 Å². The molecule has 7 nitrogen and oxygen atoms in total. The molecule has 3 rings (SSSR count). The fraction of sp³-hybridized carbons (Fsp3) is 0.263. The monoisotopic (exact) mass is 424 g/mol. The van der Waals surface area contributed by atoms with E-state index in [1.807, 2.05) is 0 Å². The topological polar surface area (TPSA) is 102 Å². The van der Waals surface area contributed by atoms with Crippen molar-refractivity contribution in [2.75, 3.05) is 17.2 Å². The first-order valence-corrected chi connectivity index (χ1v) is 10.3. The lowest BCUT2D eigenvalue weighted by atomic mass is 10.3. The molecule has 1 aliphatic rings. The summed E-state index contributed by atoms with van der Waals surface area (Å²) in [6, 6.07) is 11.0. The van der Waals surface area contributed by atoms with Gasteiger partial charge in [0, 0.05) is 23.4 Å². The number of halogens is 2. The van der Waals surface area contributed by atoms with Crippen molar-refractivity contribution in [2.45, 2.75) is 23.5 Å². The molecule has 2 N–H and O–H groups in total. The first kappa shape index (κ1) is 20.7. The molecular formula is C19H18F2N2O5S. The van der Waals surface area contributed by atoms with Crippen molar-refractivity contribution in [3.05, 3.63) is 48.5 Å². The van der Waals surface area contributed by atoms with Crippen LogP contribution >= 0.6 is 0 Å². The zero-order valence-corrected chi connectivity index (χ0v) is 15.9. The largest absolute Gasteiger partial charge is 0.484 e. The fourth-order valence-corrected chi connectivity index (χ4v) is 3.15. The second kappa shape index (κ2) is 8.56. The minimum absolute atomic E-state index is 0.0443. The van der Waals surface area contributed by atoms with E-state index in [2.05, 4.69) is 10.6 Å². The summed E-state index contributed by atoms with van der Waals surface area (Å²) in [6.45, 7) is -0.336. The van der Waals surface area contributed by atoms with E-state index >= 15 is 0 Å². The molecule has 0 aromatic heterocycles. The average molecular weight is 424 g/mol. The summed E-state index contributed by atoms with van der Waals surface area (Å²) >= 11 is 0. The zero-order chi connectivity index (χ0) is 21.0. The number of rotatable bonds is 8. The van der Waals surface area contributed by atoms with Crippen LogP contribution in [-0.2, 0) is 19.4 Å². The van der Waals surface area contributed by atoms with Crippen molar-refractivity contribution < 1.29 is 31.5 Å². The van der Waals surface area contributed by atoms with E-state index < -0.39 is 26.4 Å². The van der Waals surface area contributed by atoms with E-state index in [1.165, 1.54) is 12.1 Å². The number of hydrogen-bond donors (Lipinski definition) is 2. The molecule has 0 bridgehead atoms. The number of alkyl halides is 2. The molecule has 1 aliphatic carbocycles. The maximum absolute atomic E-state index is 12.5. The Hall–Kier alpha value is -3.01. The molecule has 29 heavy (non-hydrogen) atoms. The third kappa shape index (κ3) is 5.50. The molecule has 0 spiro atoms. The number of carbonyl (C=O) groups is 2. The highest BCUT2D eigenvalue weighted by Gasteiger charge is 2.29. The first-order chi connectivity index (χ1) is 13.8. The summed E-state index contributed by atoms with van der Waals surface area (Å²) in [5.41, 5.74) is 0.799. The van der Waals surface area contributed by atoms with Gasteiger partial charge < -0.3 is 15.4 Å². The molecule has 1 saturated carbocycles. The van der Waals surface area contributed by atoms with E-state index in [0.717, 1.165) is 25.0 Å². The SMILES string of the molecule is O=C(COc1cccc(NC(=O)C2CC2)c1)Nc1ccc(S(=O)(=O)C(F)F)cc1. The van der Waals surface area contributed by atoms with Crippen LogP contribution in [0.1, 0.15) is 12.8 Å². The highest BCUT2D eigenvalue weighted by atomic mass is 32.2. The highest BCUT2D eigenvalue weighted by molar-refractivity contribution is 7.91. The second-order valence-electron chi connectivity index (χ2n) is 6.46. The summed E-state index contributed by atoms with van der Waals surface area (Å²) in [4.78, 5) is 23.2. The van der Waals surface area contributed by atoms with E-state index in [4.69, 9.17) is 4.74 Å². The van der Waals surface area contributed by atoms with Crippen LogP contribution in [0, 0.1) is 5.92 Å². The van der Waals surface area contributed by atoms with Crippen molar-refractivity contribution in [3.8, 4) is 5.75 Å². The molecule has 0 heterocycles. The lowest BCUT2D eigenvalue weighted by Crippen LogP contribution is -2.20. The Bertz CT molecular complexity index is 1010. The van der Waals surface area contributed by atoms with Gasteiger partial charge in [-0.15, -0.1) is 0 Å². The Balaban J connectivity index is 1.53. The lowest BCUT2D eigenvalue weighted by molar-refractivity contribution is -0.118. The Morgan fingerprint density at radius 3 is 2.34 bits per heavy atom. The van der Waals surface area contributed by atoms with Crippen molar-refractivity contribution in [3.63, 3.8) is 0 Å². The smallest absolute Gasteiger partial charge is 0.341 e. The summed E-state index contributed by atoms with van der Waals surface area (Å²) in [5.74, 6) is -3.64. The highest BCUT2D eigenvalue weighted by Crippen LogP contribution is 2.30. The van der Waals surface area contributed by atoms with Crippen LogP contribution in [0.5, 0.6) is 5.75 Å². The van der Waals surface area contributed by atoms with Crippen LogP contribution in [-0.4, -0.2) is 32.6 Å². The van der Waals surface area contributed by atoms with Crippen molar-refractivity contribution in [1.29, 1.82) is 0 Å². The van der Waals surface area contributed by atoms with Crippen molar-refractivity contribution in [1.82, 2.24) is 0 Å². The maximum atomic E-state index is 12.5. The maximum Gasteiger partial charge on any atom is 0.341 e. The number of carbonyl (C=O) groups excluding carboxylic acids is 2. The van der Waals surface area contributed by atoms with Gasteiger partial charge in [0.1, 0.15) is 5.75 Å². The molecule has 0 aliphatic heterocycles. The Morgan fingerprint density at radius 2 is 1.72 bits per heavy atom. The van der Waals surface area contributed by atoms with Gasteiger partial charge >= 0.3 is 5.76 Å². The van der Waals surface area contributed by atoms with Crippen LogP contribution in [0.4, 0.5) is 20.2 Å². The van der Waals surface area contributed by atoms with Gasteiger partial charge in [0.15, 0.2) is 6.61 Å². The van der Waals surface area contributed by atoms with Gasteiger partial charge in [0.05, 0.1) is 4.90 Å². The third-order valence-corrected chi connectivity index (χ3v) is 5.52. The molecular weight excluding hydrogens is 406 g/mol. The van der Waals surface area contributed by atoms with E-state index in [0.29, 0.717) is 11.4 Å². The summed E-state index contributed by atoms with van der Waals surface area (Å²) < 4.78 is 53.2.